The molecule has 1 aliphatic rings. The molecule has 2 aromatic rings. The molecule has 2 atom stereocenters. The number of hydrogen-bond acceptors (Lipinski definition) is 8. The van der Waals surface area contributed by atoms with Crippen LogP contribution >= 0.6 is 46.3 Å². The molecular weight excluding hydrogens is 479 g/mol. The van der Waals surface area contributed by atoms with E-state index >= 15 is 0 Å². The Morgan fingerprint density at radius 2 is 2.29 bits per heavy atom. The largest absolute Gasteiger partial charge is 0.374 e. The average molecular weight is 505 g/mol. The smallest absolute Gasteiger partial charge is 0.230 e. The molecule has 11 heteroatoms. The van der Waals surface area contributed by atoms with Crippen LogP contribution in [0.1, 0.15) is 24.4 Å². The summed E-state index contributed by atoms with van der Waals surface area (Å²) in [6.07, 6.45) is -0.841. The number of halogens is 2. The number of hydrogen-bond donors (Lipinski definition) is 3. The van der Waals surface area contributed by atoms with Crippen LogP contribution in [-0.2, 0) is 16.1 Å². The second-order valence-electron chi connectivity index (χ2n) is 7.07. The van der Waals surface area contributed by atoms with Crippen LogP contribution in [0, 0.1) is 0 Å². The van der Waals surface area contributed by atoms with Gasteiger partial charge in [-0.05, 0) is 24.2 Å². The minimum Gasteiger partial charge on any atom is -0.374 e. The number of carbonyl (C=O) groups excluding carboxylic acids is 1. The van der Waals surface area contributed by atoms with Crippen LogP contribution in [-0.4, -0.2) is 65.5 Å². The van der Waals surface area contributed by atoms with Crippen LogP contribution in [0.15, 0.2) is 27.9 Å². The molecule has 1 aromatic heterocycles. The number of ether oxygens (including phenoxy) is 1. The number of thiazole rings is 1. The first-order valence-electron chi connectivity index (χ1n) is 9.99. The van der Waals surface area contributed by atoms with Crippen LogP contribution in [0.4, 0.5) is 0 Å². The molecule has 170 valence electrons. The van der Waals surface area contributed by atoms with Gasteiger partial charge in [0.05, 0.1) is 34.2 Å². The maximum Gasteiger partial charge on any atom is 0.230 e. The second kappa shape index (κ2) is 12.4. The molecule has 3 N–H and O–H groups in total. The standard InChI is InChI=1S/C20H26Cl2N4O3S2/c1-2-23-19(28)17-11-30-20(25-17)31-12-18(27)24-8-14-10-26(5-6-29-14)9-13-3-4-15(21)16(22)7-13/h3-4,7,11,14,19,23,28H,2,5-6,8-10,12H2,1H3,(H,24,27)/t14-,19?/m0/s1. The minimum atomic E-state index is -0.778. The SMILES string of the molecule is CCNC(O)c1csc(SCC(=O)NC[C@H]2CN(Cc3ccc(Cl)c(Cl)c3)CCO2)n1. The van der Waals surface area contributed by atoms with Crippen molar-refractivity contribution in [3.8, 4) is 0 Å². The van der Waals surface area contributed by atoms with Crippen molar-refractivity contribution < 1.29 is 14.6 Å². The summed E-state index contributed by atoms with van der Waals surface area (Å²) in [6.45, 7) is 5.95. The zero-order chi connectivity index (χ0) is 22.2. The molecule has 2 heterocycles. The Labute approximate surface area is 200 Å². The minimum absolute atomic E-state index is 0.0628. The zero-order valence-corrected chi connectivity index (χ0v) is 20.3. The summed E-state index contributed by atoms with van der Waals surface area (Å²) < 4.78 is 6.55. The molecule has 0 spiro atoms. The predicted molar refractivity (Wildman–Crippen MR) is 126 cm³/mol. The third-order valence-corrected chi connectivity index (χ3v) is 7.42. The lowest BCUT2D eigenvalue weighted by Crippen LogP contribution is -2.47. The quantitative estimate of drug-likeness (QED) is 0.338. The molecule has 1 aliphatic heterocycles. The Morgan fingerprint density at radius 3 is 3.06 bits per heavy atom. The Balaban J connectivity index is 1.39. The number of nitrogens with one attached hydrogen (secondary N) is 2. The van der Waals surface area contributed by atoms with Crippen LogP contribution in [0.2, 0.25) is 10.0 Å². The third kappa shape index (κ3) is 7.87. The Bertz CT molecular complexity index is 871. The van der Waals surface area contributed by atoms with Crippen molar-refractivity contribution in [1.82, 2.24) is 20.5 Å². The number of amides is 1. The average Bonchev–Trinajstić information content (AvgIpc) is 3.23. The molecule has 7 nitrogen and oxygen atoms in total. The summed E-state index contributed by atoms with van der Waals surface area (Å²) in [6, 6.07) is 5.66. The topological polar surface area (TPSA) is 86.7 Å². The van der Waals surface area contributed by atoms with Crippen molar-refractivity contribution in [3.05, 3.63) is 44.9 Å². The van der Waals surface area contributed by atoms with E-state index in [1.54, 1.807) is 5.38 Å². The molecular formula is C20H26Cl2N4O3S2. The molecule has 0 saturated carbocycles. The van der Waals surface area contributed by atoms with Crippen LogP contribution in [0.5, 0.6) is 0 Å². The Hall–Kier alpha value is -0.910. The molecule has 31 heavy (non-hydrogen) atoms. The molecule has 1 unspecified atom stereocenters. The number of carbonyl (C=O) groups is 1. The van der Waals surface area contributed by atoms with Crippen molar-refractivity contribution in [3.63, 3.8) is 0 Å². The summed E-state index contributed by atoms with van der Waals surface area (Å²) in [5.74, 6) is 0.198. The van der Waals surface area contributed by atoms with Crippen LogP contribution < -0.4 is 10.6 Å². The first-order valence-corrected chi connectivity index (χ1v) is 12.6. The van der Waals surface area contributed by atoms with Crippen molar-refractivity contribution >= 4 is 52.2 Å². The Morgan fingerprint density at radius 1 is 1.45 bits per heavy atom. The summed E-state index contributed by atoms with van der Waals surface area (Å²) in [7, 11) is 0. The van der Waals surface area contributed by atoms with E-state index in [1.165, 1.54) is 23.1 Å². The van der Waals surface area contributed by atoms with E-state index in [0.29, 0.717) is 35.4 Å². The van der Waals surface area contributed by atoms with Gasteiger partial charge >= 0.3 is 0 Å². The van der Waals surface area contributed by atoms with E-state index in [0.717, 1.165) is 29.5 Å². The Kier molecular flexibility index (Phi) is 9.86. The number of nitrogens with zero attached hydrogens (tertiary/aromatic N) is 2. The zero-order valence-electron chi connectivity index (χ0n) is 17.1. The first kappa shape index (κ1) is 24.7. The van der Waals surface area contributed by atoms with Gasteiger partial charge in [0.1, 0.15) is 6.23 Å². The lowest BCUT2D eigenvalue weighted by Gasteiger charge is -2.33. The highest BCUT2D eigenvalue weighted by atomic mass is 35.5. The van der Waals surface area contributed by atoms with Crippen molar-refractivity contribution in [1.29, 1.82) is 0 Å². The van der Waals surface area contributed by atoms with Gasteiger partial charge in [0, 0.05) is 31.6 Å². The number of morpholine rings is 1. The van der Waals surface area contributed by atoms with Crippen LogP contribution in [0.25, 0.3) is 0 Å². The number of thioether (sulfide) groups is 1. The van der Waals surface area contributed by atoms with Gasteiger partial charge in [-0.1, -0.05) is 48.0 Å². The predicted octanol–water partition coefficient (Wildman–Crippen LogP) is 3.16. The normalized spacial score (nSPS) is 18.1. The van der Waals surface area contributed by atoms with Crippen molar-refractivity contribution in [2.45, 2.75) is 30.1 Å². The van der Waals surface area contributed by atoms with Gasteiger partial charge in [0.2, 0.25) is 5.91 Å². The maximum atomic E-state index is 12.2. The molecule has 1 saturated heterocycles. The van der Waals surface area contributed by atoms with Crippen LogP contribution in [0.3, 0.4) is 0 Å². The van der Waals surface area contributed by atoms with Gasteiger partial charge in [0.25, 0.3) is 0 Å². The maximum absolute atomic E-state index is 12.2. The molecule has 0 radical (unpaired) electrons. The fraction of sp³-hybridized carbons (Fsp3) is 0.500. The highest BCUT2D eigenvalue weighted by Crippen LogP contribution is 2.25. The van der Waals surface area contributed by atoms with Gasteiger partial charge in [-0.2, -0.15) is 0 Å². The summed E-state index contributed by atoms with van der Waals surface area (Å²) in [5, 5.41) is 18.6. The summed E-state index contributed by atoms with van der Waals surface area (Å²) in [5.41, 5.74) is 1.67. The third-order valence-electron chi connectivity index (χ3n) is 4.65. The van der Waals surface area contributed by atoms with Gasteiger partial charge < -0.3 is 15.2 Å². The summed E-state index contributed by atoms with van der Waals surface area (Å²) in [4.78, 5) is 18.9. The van der Waals surface area contributed by atoms with E-state index in [9.17, 15) is 9.90 Å². The van der Waals surface area contributed by atoms with E-state index in [2.05, 4.69) is 20.5 Å². The number of rotatable bonds is 10. The highest BCUT2D eigenvalue weighted by Gasteiger charge is 2.21. The van der Waals surface area contributed by atoms with Gasteiger partial charge in [-0.25, -0.2) is 4.98 Å². The number of benzene rings is 1. The van der Waals surface area contributed by atoms with Gasteiger partial charge in [-0.3, -0.25) is 15.0 Å². The molecule has 1 amide bonds. The summed E-state index contributed by atoms with van der Waals surface area (Å²) >= 11 is 14.9. The molecule has 0 bridgehead atoms. The second-order valence-corrected chi connectivity index (χ2v) is 9.96. The first-order chi connectivity index (χ1) is 14.9. The van der Waals surface area contributed by atoms with E-state index in [4.69, 9.17) is 27.9 Å². The number of aliphatic hydroxyl groups excluding tert-OH is 1. The highest BCUT2D eigenvalue weighted by molar-refractivity contribution is 8.01. The van der Waals surface area contributed by atoms with Gasteiger partial charge in [0.15, 0.2) is 4.34 Å². The molecule has 1 fully saturated rings. The monoisotopic (exact) mass is 504 g/mol. The number of aliphatic hydroxyl groups is 1. The number of aromatic nitrogens is 1. The lowest BCUT2D eigenvalue weighted by molar-refractivity contribution is -0.119. The molecule has 0 aliphatic carbocycles. The van der Waals surface area contributed by atoms with Crippen molar-refractivity contribution in [2.24, 2.45) is 0 Å². The van der Waals surface area contributed by atoms with Crippen molar-refractivity contribution in [2.75, 3.05) is 38.5 Å². The molecule has 1 aromatic carbocycles. The van der Waals surface area contributed by atoms with Gasteiger partial charge in [-0.15, -0.1) is 11.3 Å². The van der Waals surface area contributed by atoms with E-state index in [1.807, 2.05) is 25.1 Å². The van der Waals surface area contributed by atoms with E-state index < -0.39 is 6.23 Å². The van der Waals surface area contributed by atoms with E-state index in [-0.39, 0.29) is 17.8 Å². The lowest BCUT2D eigenvalue weighted by atomic mass is 10.2. The molecule has 3 rings (SSSR count). The fourth-order valence-electron chi connectivity index (χ4n) is 3.11. The fourth-order valence-corrected chi connectivity index (χ4v) is 5.11.